The molecule has 0 spiro atoms. The summed E-state index contributed by atoms with van der Waals surface area (Å²) in [6.07, 6.45) is 5.03. The lowest BCUT2D eigenvalue weighted by atomic mass is 10.00. The fourth-order valence-electron chi connectivity index (χ4n) is 3.65. The smallest absolute Gasteiger partial charge is 0.242 e. The first-order valence-corrected chi connectivity index (χ1v) is 9.25. The van der Waals surface area contributed by atoms with Crippen LogP contribution in [0.3, 0.4) is 0 Å². The standard InChI is InChI=1S/C20H32FN3O/c1-20(2,15-24-13-9-5-6-10-14-24)22-19(25)18(23(3)4)16-11-7-8-12-17(16)21/h7-8,11-12,18H,5-6,9-10,13-15H2,1-4H3,(H,22,25)/t18-/m1/s1. The topological polar surface area (TPSA) is 35.6 Å². The van der Waals surface area contributed by atoms with Gasteiger partial charge in [-0.15, -0.1) is 0 Å². The van der Waals surface area contributed by atoms with Crippen LogP contribution in [-0.2, 0) is 4.79 Å². The van der Waals surface area contributed by atoms with Crippen LogP contribution in [0, 0.1) is 5.82 Å². The van der Waals surface area contributed by atoms with Crippen LogP contribution in [0.1, 0.15) is 51.1 Å². The van der Waals surface area contributed by atoms with Crippen molar-refractivity contribution in [1.29, 1.82) is 0 Å². The largest absolute Gasteiger partial charge is 0.348 e. The minimum Gasteiger partial charge on any atom is -0.348 e. The van der Waals surface area contributed by atoms with Gasteiger partial charge in [0.25, 0.3) is 0 Å². The monoisotopic (exact) mass is 349 g/mol. The highest BCUT2D eigenvalue weighted by Gasteiger charge is 2.31. The summed E-state index contributed by atoms with van der Waals surface area (Å²) in [4.78, 5) is 17.1. The third-order valence-electron chi connectivity index (χ3n) is 4.74. The lowest BCUT2D eigenvalue weighted by Crippen LogP contribution is -2.54. The number of halogens is 1. The quantitative estimate of drug-likeness (QED) is 0.857. The molecule has 0 bridgehead atoms. The minimum atomic E-state index is -0.635. The van der Waals surface area contributed by atoms with Crippen molar-refractivity contribution in [2.24, 2.45) is 0 Å². The molecule has 1 aromatic carbocycles. The molecule has 0 aliphatic carbocycles. The van der Waals surface area contributed by atoms with E-state index in [1.165, 1.54) is 31.7 Å². The maximum absolute atomic E-state index is 14.2. The zero-order valence-electron chi connectivity index (χ0n) is 16.0. The summed E-state index contributed by atoms with van der Waals surface area (Å²) in [6.45, 7) is 7.08. The van der Waals surface area contributed by atoms with Crippen molar-refractivity contribution in [2.75, 3.05) is 33.7 Å². The van der Waals surface area contributed by atoms with Gasteiger partial charge in [-0.2, -0.15) is 0 Å². The highest BCUT2D eigenvalue weighted by atomic mass is 19.1. The highest BCUT2D eigenvalue weighted by Crippen LogP contribution is 2.23. The second-order valence-corrected chi connectivity index (χ2v) is 7.95. The summed E-state index contributed by atoms with van der Waals surface area (Å²) in [5, 5.41) is 3.14. The first-order valence-electron chi connectivity index (χ1n) is 9.25. The van der Waals surface area contributed by atoms with E-state index in [-0.39, 0.29) is 17.3 Å². The number of rotatable bonds is 6. The van der Waals surface area contributed by atoms with Crippen LogP contribution < -0.4 is 5.32 Å². The van der Waals surface area contributed by atoms with Crippen LogP contribution in [0.4, 0.5) is 4.39 Å². The van der Waals surface area contributed by atoms with Crippen LogP contribution in [0.2, 0.25) is 0 Å². The van der Waals surface area contributed by atoms with Gasteiger partial charge in [-0.25, -0.2) is 4.39 Å². The van der Waals surface area contributed by atoms with Gasteiger partial charge in [-0.1, -0.05) is 31.0 Å². The van der Waals surface area contributed by atoms with Gasteiger partial charge in [0, 0.05) is 17.6 Å². The lowest BCUT2D eigenvalue weighted by Gasteiger charge is -2.35. The van der Waals surface area contributed by atoms with Gasteiger partial charge in [0.05, 0.1) is 0 Å². The molecule has 1 amide bonds. The van der Waals surface area contributed by atoms with Crippen molar-refractivity contribution in [3.05, 3.63) is 35.6 Å². The highest BCUT2D eigenvalue weighted by molar-refractivity contribution is 5.83. The Morgan fingerprint density at radius 3 is 2.36 bits per heavy atom. The Kier molecular flexibility index (Phi) is 6.96. The average molecular weight is 349 g/mol. The molecule has 0 unspecified atom stereocenters. The Morgan fingerprint density at radius 2 is 1.80 bits per heavy atom. The van der Waals surface area contributed by atoms with Crippen molar-refractivity contribution in [1.82, 2.24) is 15.1 Å². The SMILES string of the molecule is CN(C)[C@@H](C(=O)NC(C)(C)CN1CCCCCC1)c1ccccc1F. The van der Waals surface area contributed by atoms with E-state index in [4.69, 9.17) is 0 Å². The number of likely N-dealkylation sites (N-methyl/N-ethyl adjacent to an activating group) is 1. The molecule has 25 heavy (non-hydrogen) atoms. The fourth-order valence-corrected chi connectivity index (χ4v) is 3.65. The number of likely N-dealkylation sites (tertiary alicyclic amines) is 1. The number of benzene rings is 1. The van der Waals surface area contributed by atoms with E-state index in [1.807, 2.05) is 13.8 Å². The number of amides is 1. The van der Waals surface area contributed by atoms with Crippen LogP contribution in [0.25, 0.3) is 0 Å². The van der Waals surface area contributed by atoms with Crippen LogP contribution >= 0.6 is 0 Å². The number of carbonyl (C=O) groups is 1. The molecule has 0 radical (unpaired) electrons. The van der Waals surface area contributed by atoms with Gasteiger partial charge in [0.15, 0.2) is 0 Å². The molecule has 1 heterocycles. The molecule has 2 rings (SSSR count). The van der Waals surface area contributed by atoms with Crippen LogP contribution in [0.5, 0.6) is 0 Å². The first kappa shape index (κ1) is 19.9. The maximum atomic E-state index is 14.2. The Labute approximate surface area is 151 Å². The Hall–Kier alpha value is -1.46. The number of nitrogens with one attached hydrogen (secondary N) is 1. The summed E-state index contributed by atoms with van der Waals surface area (Å²) in [5.41, 5.74) is 0.0524. The van der Waals surface area contributed by atoms with Crippen molar-refractivity contribution in [3.8, 4) is 0 Å². The fraction of sp³-hybridized carbons (Fsp3) is 0.650. The van der Waals surface area contributed by atoms with E-state index in [0.29, 0.717) is 5.56 Å². The van der Waals surface area contributed by atoms with Crippen molar-refractivity contribution < 1.29 is 9.18 Å². The molecular formula is C20H32FN3O. The summed E-state index contributed by atoms with van der Waals surface area (Å²) >= 11 is 0. The minimum absolute atomic E-state index is 0.157. The van der Waals surface area contributed by atoms with Gasteiger partial charge >= 0.3 is 0 Å². The Balaban J connectivity index is 2.07. The summed E-state index contributed by atoms with van der Waals surface area (Å²) in [7, 11) is 3.61. The molecule has 4 nitrogen and oxygen atoms in total. The van der Waals surface area contributed by atoms with E-state index in [1.54, 1.807) is 37.2 Å². The second kappa shape index (κ2) is 8.77. The molecule has 0 aromatic heterocycles. The number of hydrogen-bond acceptors (Lipinski definition) is 3. The van der Waals surface area contributed by atoms with Crippen LogP contribution in [0.15, 0.2) is 24.3 Å². The molecule has 1 atom stereocenters. The summed E-state index contributed by atoms with van der Waals surface area (Å²) in [6, 6.07) is 5.87. The number of carbonyl (C=O) groups excluding carboxylic acids is 1. The van der Waals surface area contributed by atoms with E-state index >= 15 is 0 Å². The maximum Gasteiger partial charge on any atom is 0.242 e. The molecule has 140 valence electrons. The molecule has 1 N–H and O–H groups in total. The molecule has 0 saturated carbocycles. The average Bonchev–Trinajstić information content (AvgIpc) is 2.76. The lowest BCUT2D eigenvalue weighted by molar-refractivity contribution is -0.127. The van der Waals surface area contributed by atoms with Crippen LogP contribution in [-0.4, -0.2) is 55.0 Å². The summed E-state index contributed by atoms with van der Waals surface area (Å²) in [5.74, 6) is -0.503. The van der Waals surface area contributed by atoms with Gasteiger partial charge in [0.2, 0.25) is 5.91 Å². The zero-order chi connectivity index (χ0) is 18.4. The normalized spacial score (nSPS) is 18.0. The molecule has 1 saturated heterocycles. The number of nitrogens with zero attached hydrogens (tertiary/aromatic N) is 2. The molecule has 1 fully saturated rings. The summed E-state index contributed by atoms with van der Waals surface area (Å²) < 4.78 is 14.2. The third-order valence-corrected chi connectivity index (χ3v) is 4.74. The third kappa shape index (κ3) is 5.79. The molecule has 5 heteroatoms. The molecular weight excluding hydrogens is 317 g/mol. The predicted molar refractivity (Wildman–Crippen MR) is 100.0 cm³/mol. The van der Waals surface area contributed by atoms with Gasteiger partial charge < -0.3 is 10.2 Å². The van der Waals surface area contributed by atoms with Gasteiger partial charge in [-0.05, 0) is 59.9 Å². The van der Waals surface area contributed by atoms with Crippen molar-refractivity contribution in [2.45, 2.75) is 51.1 Å². The van der Waals surface area contributed by atoms with Crippen molar-refractivity contribution in [3.63, 3.8) is 0 Å². The van der Waals surface area contributed by atoms with Gasteiger partial charge in [-0.3, -0.25) is 9.69 Å². The number of hydrogen-bond donors (Lipinski definition) is 1. The van der Waals surface area contributed by atoms with E-state index < -0.39 is 6.04 Å². The van der Waals surface area contributed by atoms with E-state index in [0.717, 1.165) is 19.6 Å². The van der Waals surface area contributed by atoms with Crippen molar-refractivity contribution >= 4 is 5.91 Å². The van der Waals surface area contributed by atoms with Gasteiger partial charge in [0.1, 0.15) is 11.9 Å². The van der Waals surface area contributed by atoms with E-state index in [9.17, 15) is 9.18 Å². The second-order valence-electron chi connectivity index (χ2n) is 7.95. The Morgan fingerprint density at radius 1 is 1.20 bits per heavy atom. The predicted octanol–water partition coefficient (Wildman–Crippen LogP) is 3.20. The molecule has 1 aliphatic heterocycles. The van der Waals surface area contributed by atoms with E-state index in [2.05, 4.69) is 10.2 Å². The molecule has 1 aliphatic rings. The Bertz CT molecular complexity index is 566. The zero-order valence-corrected chi connectivity index (χ0v) is 16.0. The first-order chi connectivity index (χ1) is 11.8. The molecule has 1 aromatic rings.